The Morgan fingerprint density at radius 2 is 1.68 bits per heavy atom. The summed E-state index contributed by atoms with van der Waals surface area (Å²) >= 11 is 9.72. The molecule has 2 N–H and O–H groups in total. The van der Waals surface area contributed by atoms with Gasteiger partial charge in [0.05, 0.1) is 11.0 Å². The second-order valence-electron chi connectivity index (χ2n) is 6.69. The fraction of sp³-hybridized carbons (Fsp3) is 0.0417. The quantitative estimate of drug-likeness (QED) is 0.184. The molecular weight excluding hydrogens is 628 g/mol. The molecule has 0 unspecified atom stereocenters. The lowest BCUT2D eigenvalue weighted by Crippen LogP contribution is -1.99. The van der Waals surface area contributed by atoms with Crippen molar-refractivity contribution in [3.05, 3.63) is 106 Å². The number of pyridine rings is 4. The molecule has 5 heterocycles. The van der Waals surface area contributed by atoms with Crippen LogP contribution >= 0.6 is 47.8 Å². The molecule has 0 aromatic carbocycles. The number of halogens is 3. The van der Waals surface area contributed by atoms with Gasteiger partial charge in [0.15, 0.2) is 5.78 Å². The third-order valence-electron chi connectivity index (χ3n) is 4.20. The zero-order chi connectivity index (χ0) is 24.3. The summed E-state index contributed by atoms with van der Waals surface area (Å²) in [4.78, 5) is 27.3. The molecule has 172 valence electrons. The number of nitrogens with zero attached hydrogens (tertiary/aromatic N) is 5. The molecule has 0 aliphatic carbocycles. The van der Waals surface area contributed by atoms with E-state index in [4.69, 9.17) is 5.73 Å². The molecule has 0 saturated heterocycles. The van der Waals surface area contributed by atoms with Gasteiger partial charge in [-0.2, -0.15) is 0 Å². The third-order valence-corrected chi connectivity index (χ3v) is 5.58. The fourth-order valence-corrected chi connectivity index (χ4v) is 3.70. The van der Waals surface area contributed by atoms with Crippen molar-refractivity contribution in [3.8, 4) is 11.3 Å². The first-order valence-corrected chi connectivity index (χ1v) is 12.6. The molecule has 0 aliphatic heterocycles. The van der Waals surface area contributed by atoms with Gasteiger partial charge in [0.2, 0.25) is 0 Å². The van der Waals surface area contributed by atoms with Gasteiger partial charge in [-0.15, -0.1) is 0 Å². The lowest BCUT2D eigenvalue weighted by Gasteiger charge is -1.95. The monoisotopic (exact) mass is 644 g/mol. The number of Topliss-reactive ketones (excluding diaryl/α,β-unsaturated/α-hetero) is 1. The number of hydrogen-bond donors (Lipinski definition) is 1. The molecule has 0 atom stereocenters. The van der Waals surface area contributed by atoms with Crippen molar-refractivity contribution in [2.75, 3.05) is 11.1 Å². The molecule has 0 aliphatic rings. The number of carbonyl (C=O) groups excluding carboxylic acids is 1. The predicted octanol–water partition coefficient (Wildman–Crippen LogP) is 6.24. The van der Waals surface area contributed by atoms with Crippen LogP contribution in [0, 0.1) is 0 Å². The largest absolute Gasteiger partial charge is 0.384 e. The predicted molar refractivity (Wildman–Crippen MR) is 145 cm³/mol. The number of hydrogen-bond acceptors (Lipinski definition) is 6. The Morgan fingerprint density at radius 3 is 2.26 bits per heavy atom. The van der Waals surface area contributed by atoms with E-state index in [1.807, 2.05) is 59.4 Å². The maximum absolute atomic E-state index is 11.1. The van der Waals surface area contributed by atoms with E-state index in [9.17, 15) is 4.79 Å². The van der Waals surface area contributed by atoms with Crippen LogP contribution in [0.4, 0.5) is 5.82 Å². The van der Waals surface area contributed by atoms with Crippen molar-refractivity contribution in [1.82, 2.24) is 24.3 Å². The summed E-state index contributed by atoms with van der Waals surface area (Å²) in [6.45, 7) is 0. The van der Waals surface area contributed by atoms with Gasteiger partial charge in [0.1, 0.15) is 11.5 Å². The molecule has 5 rings (SSSR count). The van der Waals surface area contributed by atoms with Gasteiger partial charge < -0.3 is 10.1 Å². The summed E-state index contributed by atoms with van der Waals surface area (Å²) in [6.07, 6.45) is 12.4. The van der Waals surface area contributed by atoms with Crippen molar-refractivity contribution in [3.63, 3.8) is 0 Å². The van der Waals surface area contributed by atoms with Crippen molar-refractivity contribution in [2.45, 2.75) is 0 Å². The molecule has 0 bridgehead atoms. The number of alkyl halides is 1. The van der Waals surface area contributed by atoms with Crippen LogP contribution in [0.15, 0.2) is 101 Å². The summed E-state index contributed by atoms with van der Waals surface area (Å²) in [6, 6.07) is 15.1. The second-order valence-corrected chi connectivity index (χ2v) is 9.08. The fourth-order valence-electron chi connectivity index (χ4n) is 2.64. The van der Waals surface area contributed by atoms with E-state index in [0.29, 0.717) is 16.7 Å². The minimum absolute atomic E-state index is 0.0406. The highest BCUT2D eigenvalue weighted by molar-refractivity contribution is 9.10. The van der Waals surface area contributed by atoms with Crippen LogP contribution in [-0.2, 0) is 0 Å². The van der Waals surface area contributed by atoms with Gasteiger partial charge in [-0.25, -0.2) is 9.97 Å². The first-order valence-electron chi connectivity index (χ1n) is 9.87. The second kappa shape index (κ2) is 13.1. The van der Waals surface area contributed by atoms with Gasteiger partial charge in [0.25, 0.3) is 0 Å². The topological polar surface area (TPSA) is 99.1 Å². The number of aromatic nitrogens is 5. The molecular formula is C24H19Br3N6O. The third kappa shape index (κ3) is 7.82. The molecule has 0 saturated carbocycles. The average molecular weight is 647 g/mol. The van der Waals surface area contributed by atoms with Crippen LogP contribution in [0.25, 0.3) is 16.9 Å². The molecule has 34 heavy (non-hydrogen) atoms. The summed E-state index contributed by atoms with van der Waals surface area (Å²) in [7, 11) is 0. The number of nitrogen functional groups attached to an aromatic ring is 1. The van der Waals surface area contributed by atoms with Crippen molar-refractivity contribution < 1.29 is 4.79 Å². The van der Waals surface area contributed by atoms with Gasteiger partial charge in [0, 0.05) is 63.5 Å². The van der Waals surface area contributed by atoms with Crippen LogP contribution in [0.2, 0.25) is 0 Å². The van der Waals surface area contributed by atoms with Crippen LogP contribution in [0.3, 0.4) is 0 Å². The Hall–Kier alpha value is -2.95. The lowest BCUT2D eigenvalue weighted by atomic mass is 10.2. The van der Waals surface area contributed by atoms with Gasteiger partial charge in [-0.05, 0) is 68.3 Å². The molecule has 0 fully saturated rings. The minimum atomic E-state index is 0.0406. The Labute approximate surface area is 221 Å². The van der Waals surface area contributed by atoms with Crippen LogP contribution in [0.1, 0.15) is 10.4 Å². The van der Waals surface area contributed by atoms with Gasteiger partial charge >= 0.3 is 0 Å². The molecule has 0 spiro atoms. The number of carbonyl (C=O) groups is 1. The maximum Gasteiger partial charge on any atom is 0.174 e. The Morgan fingerprint density at radius 1 is 0.941 bits per heavy atom. The number of ketones is 1. The van der Waals surface area contributed by atoms with E-state index < -0.39 is 0 Å². The number of rotatable bonds is 3. The first-order chi connectivity index (χ1) is 16.5. The van der Waals surface area contributed by atoms with E-state index in [2.05, 4.69) is 67.7 Å². The summed E-state index contributed by atoms with van der Waals surface area (Å²) in [5.74, 6) is 0.612. The minimum Gasteiger partial charge on any atom is -0.384 e. The van der Waals surface area contributed by atoms with E-state index >= 15 is 0 Å². The number of imidazole rings is 1. The van der Waals surface area contributed by atoms with Crippen molar-refractivity contribution in [1.29, 1.82) is 0 Å². The van der Waals surface area contributed by atoms with Gasteiger partial charge in [-0.1, -0.05) is 28.1 Å². The summed E-state index contributed by atoms with van der Waals surface area (Å²) in [5, 5.41) is 0.338. The molecule has 5 aromatic rings. The SMILES string of the molecule is Brc1cncc(-c2cn3ccccc3n2)c1.Nc1ccccn1.O=C(CBr)c1cncc(Br)c1. The first kappa shape index (κ1) is 25.7. The molecule has 0 amide bonds. The molecule has 5 aromatic heterocycles. The van der Waals surface area contributed by atoms with E-state index in [1.165, 1.54) is 0 Å². The van der Waals surface area contributed by atoms with E-state index in [-0.39, 0.29) is 5.78 Å². The molecule has 7 nitrogen and oxygen atoms in total. The van der Waals surface area contributed by atoms with E-state index in [0.717, 1.165) is 25.8 Å². The smallest absolute Gasteiger partial charge is 0.174 e. The number of fused-ring (bicyclic) bond motifs is 1. The Bertz CT molecular complexity index is 1330. The molecule has 0 radical (unpaired) electrons. The number of anilines is 1. The zero-order valence-corrected chi connectivity index (χ0v) is 22.5. The van der Waals surface area contributed by atoms with Crippen molar-refractivity contribution in [2.24, 2.45) is 0 Å². The van der Waals surface area contributed by atoms with E-state index in [1.54, 1.807) is 36.9 Å². The summed E-state index contributed by atoms with van der Waals surface area (Å²) < 4.78 is 3.78. The molecule has 10 heteroatoms. The lowest BCUT2D eigenvalue weighted by molar-refractivity contribution is 0.102. The van der Waals surface area contributed by atoms with Gasteiger partial charge in [-0.3, -0.25) is 14.8 Å². The normalized spacial score (nSPS) is 9.97. The highest BCUT2D eigenvalue weighted by Crippen LogP contribution is 2.21. The van der Waals surface area contributed by atoms with Crippen LogP contribution in [0.5, 0.6) is 0 Å². The average Bonchev–Trinajstić information content (AvgIpc) is 3.29. The zero-order valence-electron chi connectivity index (χ0n) is 17.7. The summed E-state index contributed by atoms with van der Waals surface area (Å²) in [5.41, 5.74) is 8.75. The number of nitrogens with two attached hydrogens (primary N) is 1. The highest BCUT2D eigenvalue weighted by atomic mass is 79.9. The Kier molecular flexibility index (Phi) is 9.87. The van der Waals surface area contributed by atoms with Crippen LogP contribution in [-0.4, -0.2) is 35.4 Å². The maximum atomic E-state index is 11.1. The Balaban J connectivity index is 0.000000156. The van der Waals surface area contributed by atoms with Crippen LogP contribution < -0.4 is 5.73 Å². The highest BCUT2D eigenvalue weighted by Gasteiger charge is 2.04. The van der Waals surface area contributed by atoms with Crippen molar-refractivity contribution >= 4 is 65.0 Å². The standard InChI is InChI=1S/C12H8BrN3.C7H5Br2NO.C5H6N2/c13-10-5-9(6-14-7-10)11-8-16-4-2-1-3-12(16)15-11;8-2-7(11)5-1-6(9)4-10-3-5;6-5-3-1-2-4-7-5/h1-8H;1,3-4H,2H2;1-4H,(H2,6,7).